The van der Waals surface area contributed by atoms with Crippen molar-refractivity contribution in [2.45, 2.75) is 13.0 Å². The highest BCUT2D eigenvalue weighted by molar-refractivity contribution is 7.09. The molecule has 0 spiro atoms. The number of benzene rings is 2. The van der Waals surface area contributed by atoms with Gasteiger partial charge in [0.05, 0.1) is 29.9 Å². The zero-order chi connectivity index (χ0) is 19.8. The van der Waals surface area contributed by atoms with Crippen LogP contribution in [0.4, 0.5) is 0 Å². The Labute approximate surface area is 167 Å². The molecular weight excluding hydrogens is 372 g/mol. The Kier molecular flexibility index (Phi) is 6.70. The van der Waals surface area contributed by atoms with Crippen LogP contribution in [0.25, 0.3) is 6.08 Å². The van der Waals surface area contributed by atoms with Crippen LogP contribution in [-0.2, 0) is 22.5 Å². The number of carbonyl (C=O) groups is 2. The maximum absolute atomic E-state index is 12.0. The number of thiazole rings is 1. The molecule has 0 bridgehead atoms. The van der Waals surface area contributed by atoms with Gasteiger partial charge in [-0.25, -0.2) is 9.78 Å². The van der Waals surface area contributed by atoms with E-state index in [1.807, 2.05) is 23.6 Å². The summed E-state index contributed by atoms with van der Waals surface area (Å²) in [5.41, 5.74) is 3.36. The molecule has 0 fully saturated rings. The number of rotatable bonds is 7. The summed E-state index contributed by atoms with van der Waals surface area (Å²) in [6.45, 7) is 0.385. The smallest absolute Gasteiger partial charge is 0.337 e. The molecule has 0 aliphatic heterocycles. The van der Waals surface area contributed by atoms with Gasteiger partial charge in [0.15, 0.2) is 0 Å². The molecular formula is C22H20N2O3S. The minimum atomic E-state index is -0.386. The molecule has 0 aliphatic rings. The normalized spacial score (nSPS) is 10.8. The molecule has 2 aromatic carbocycles. The zero-order valence-electron chi connectivity index (χ0n) is 15.4. The van der Waals surface area contributed by atoms with Crippen LogP contribution < -0.4 is 5.32 Å². The molecule has 6 heteroatoms. The summed E-state index contributed by atoms with van der Waals surface area (Å²) in [6.07, 6.45) is 3.95. The summed E-state index contributed by atoms with van der Waals surface area (Å²) in [5, 5.41) is 5.82. The van der Waals surface area contributed by atoms with Crippen molar-refractivity contribution in [3.8, 4) is 0 Å². The first-order chi connectivity index (χ1) is 13.6. The summed E-state index contributed by atoms with van der Waals surface area (Å²) in [6, 6.07) is 17.0. The number of hydrogen-bond acceptors (Lipinski definition) is 5. The lowest BCUT2D eigenvalue weighted by molar-refractivity contribution is -0.116. The molecule has 3 rings (SSSR count). The van der Waals surface area contributed by atoms with E-state index in [0.717, 1.165) is 22.7 Å². The first-order valence-electron chi connectivity index (χ1n) is 8.75. The van der Waals surface area contributed by atoms with Gasteiger partial charge in [-0.1, -0.05) is 42.5 Å². The molecule has 0 saturated heterocycles. The molecule has 0 aliphatic carbocycles. The lowest BCUT2D eigenvalue weighted by Crippen LogP contribution is -2.20. The molecule has 0 radical (unpaired) electrons. The van der Waals surface area contributed by atoms with E-state index < -0.39 is 0 Å². The summed E-state index contributed by atoms with van der Waals surface area (Å²) in [5.74, 6) is -0.585. The largest absolute Gasteiger partial charge is 0.465 e. The second kappa shape index (κ2) is 9.62. The van der Waals surface area contributed by atoms with Gasteiger partial charge >= 0.3 is 5.97 Å². The number of ether oxygens (including phenoxy) is 1. The van der Waals surface area contributed by atoms with Crippen LogP contribution in [0, 0.1) is 0 Å². The third-order valence-electron chi connectivity index (χ3n) is 4.00. The van der Waals surface area contributed by atoms with E-state index in [1.54, 1.807) is 41.7 Å². The number of carbonyl (C=O) groups excluding carboxylic acids is 2. The third kappa shape index (κ3) is 5.62. The molecule has 1 amide bonds. The molecule has 0 unspecified atom stereocenters. The highest BCUT2D eigenvalue weighted by Crippen LogP contribution is 2.14. The lowest BCUT2D eigenvalue weighted by Gasteiger charge is -2.00. The number of methoxy groups -OCH3 is 1. The topological polar surface area (TPSA) is 68.3 Å². The van der Waals surface area contributed by atoms with Crippen LogP contribution in [-0.4, -0.2) is 24.0 Å². The first-order valence-corrected chi connectivity index (χ1v) is 9.63. The third-order valence-corrected chi connectivity index (χ3v) is 4.90. The molecule has 1 N–H and O–H groups in total. The number of esters is 1. The quantitative estimate of drug-likeness (QED) is 0.490. The predicted molar refractivity (Wildman–Crippen MR) is 110 cm³/mol. The molecule has 1 aromatic heterocycles. The second-order valence-corrected chi connectivity index (χ2v) is 7.00. The van der Waals surface area contributed by atoms with Gasteiger partial charge in [0.1, 0.15) is 0 Å². The Bertz CT molecular complexity index is 963. The number of hydrogen-bond donors (Lipinski definition) is 1. The lowest BCUT2D eigenvalue weighted by atomic mass is 10.1. The van der Waals surface area contributed by atoms with Crippen molar-refractivity contribution in [1.82, 2.24) is 10.3 Å². The van der Waals surface area contributed by atoms with Crippen LogP contribution >= 0.6 is 11.3 Å². The van der Waals surface area contributed by atoms with E-state index >= 15 is 0 Å². The maximum Gasteiger partial charge on any atom is 0.337 e. The molecule has 3 aromatic rings. The minimum Gasteiger partial charge on any atom is -0.465 e. The molecule has 0 atom stereocenters. The van der Waals surface area contributed by atoms with Crippen molar-refractivity contribution in [2.24, 2.45) is 0 Å². The highest BCUT2D eigenvalue weighted by atomic mass is 32.1. The molecule has 5 nitrogen and oxygen atoms in total. The van der Waals surface area contributed by atoms with Crippen molar-refractivity contribution < 1.29 is 14.3 Å². The number of amides is 1. The minimum absolute atomic E-state index is 0.199. The van der Waals surface area contributed by atoms with Crippen molar-refractivity contribution in [1.29, 1.82) is 0 Å². The fourth-order valence-electron chi connectivity index (χ4n) is 2.54. The fraction of sp³-hybridized carbons (Fsp3) is 0.136. The Morgan fingerprint density at radius 3 is 2.57 bits per heavy atom. The van der Waals surface area contributed by atoms with Gasteiger partial charge < -0.3 is 10.1 Å². The van der Waals surface area contributed by atoms with Gasteiger partial charge in [-0.05, 0) is 29.3 Å². The summed E-state index contributed by atoms with van der Waals surface area (Å²) < 4.78 is 4.66. The first kappa shape index (κ1) is 19.5. The van der Waals surface area contributed by atoms with Gasteiger partial charge in [-0.15, -0.1) is 11.3 Å². The second-order valence-electron chi connectivity index (χ2n) is 6.06. The van der Waals surface area contributed by atoms with Crippen LogP contribution in [0.3, 0.4) is 0 Å². The van der Waals surface area contributed by atoms with Gasteiger partial charge in [0.2, 0.25) is 5.91 Å². The fourth-order valence-corrected chi connectivity index (χ4v) is 3.37. The average molecular weight is 392 g/mol. The van der Waals surface area contributed by atoms with E-state index in [4.69, 9.17) is 0 Å². The van der Waals surface area contributed by atoms with E-state index in [1.165, 1.54) is 18.7 Å². The Morgan fingerprint density at radius 2 is 1.86 bits per heavy atom. The van der Waals surface area contributed by atoms with Crippen LogP contribution in [0.2, 0.25) is 0 Å². The monoisotopic (exact) mass is 392 g/mol. The van der Waals surface area contributed by atoms with Gasteiger partial charge in [-0.2, -0.15) is 0 Å². The Hall–Kier alpha value is -3.25. The van der Waals surface area contributed by atoms with E-state index in [-0.39, 0.29) is 11.9 Å². The number of nitrogens with one attached hydrogen (secondary N) is 1. The maximum atomic E-state index is 12.0. The number of nitrogens with zero attached hydrogens (tertiary/aromatic N) is 1. The number of aromatic nitrogens is 1. The Morgan fingerprint density at radius 1 is 1.11 bits per heavy atom. The van der Waals surface area contributed by atoms with Crippen molar-refractivity contribution in [3.05, 3.63) is 93.4 Å². The van der Waals surface area contributed by atoms with Crippen LogP contribution in [0.5, 0.6) is 0 Å². The van der Waals surface area contributed by atoms with Crippen LogP contribution in [0.15, 0.2) is 66.1 Å². The molecule has 142 valence electrons. The summed E-state index contributed by atoms with van der Waals surface area (Å²) >= 11 is 1.59. The summed E-state index contributed by atoms with van der Waals surface area (Å²) in [4.78, 5) is 28.0. The van der Waals surface area contributed by atoms with Gasteiger partial charge in [-0.3, -0.25) is 4.79 Å². The molecule has 28 heavy (non-hydrogen) atoms. The van der Waals surface area contributed by atoms with E-state index in [9.17, 15) is 9.59 Å². The Balaban J connectivity index is 1.49. The van der Waals surface area contributed by atoms with Gasteiger partial charge in [0, 0.05) is 17.9 Å². The standard InChI is InChI=1S/C22H20N2O3S/c1-27-22(26)18-10-7-16(8-11-18)9-12-20(25)23-14-19-15-28-21(24-19)13-17-5-3-2-4-6-17/h2-12,15H,13-14H2,1H3,(H,23,25)/b12-9+. The predicted octanol–water partition coefficient (Wildman–Crippen LogP) is 3.85. The molecule has 0 saturated carbocycles. The van der Waals surface area contributed by atoms with E-state index in [0.29, 0.717) is 12.1 Å². The van der Waals surface area contributed by atoms with Crippen LogP contribution in [0.1, 0.15) is 32.2 Å². The van der Waals surface area contributed by atoms with Crippen molar-refractivity contribution in [3.63, 3.8) is 0 Å². The SMILES string of the molecule is COC(=O)c1ccc(/C=C/C(=O)NCc2csc(Cc3ccccc3)n2)cc1. The van der Waals surface area contributed by atoms with E-state index in [2.05, 4.69) is 27.2 Å². The van der Waals surface area contributed by atoms with Crippen molar-refractivity contribution >= 4 is 29.3 Å². The average Bonchev–Trinajstić information content (AvgIpc) is 3.18. The zero-order valence-corrected chi connectivity index (χ0v) is 16.2. The van der Waals surface area contributed by atoms with Gasteiger partial charge in [0.25, 0.3) is 0 Å². The highest BCUT2D eigenvalue weighted by Gasteiger charge is 2.05. The summed E-state index contributed by atoms with van der Waals surface area (Å²) in [7, 11) is 1.34. The molecule has 1 heterocycles. The van der Waals surface area contributed by atoms with Crippen molar-refractivity contribution in [2.75, 3.05) is 7.11 Å².